The second kappa shape index (κ2) is 4.94. The van der Waals surface area contributed by atoms with Crippen molar-refractivity contribution in [3.8, 4) is 5.88 Å². The zero-order chi connectivity index (χ0) is 11.4. The summed E-state index contributed by atoms with van der Waals surface area (Å²) in [4.78, 5) is 0. The molecule has 1 aromatic heterocycles. The fraction of sp³-hybridized carbons (Fsp3) is 0.0909. The van der Waals surface area contributed by atoms with E-state index in [1.54, 1.807) is 0 Å². The molecule has 0 radical (unpaired) electrons. The minimum absolute atomic E-state index is 0.350. The molecule has 0 aliphatic rings. The molecule has 2 aromatic rings. The zero-order valence-electron chi connectivity index (χ0n) is 8.31. The highest BCUT2D eigenvalue weighted by Crippen LogP contribution is 2.27. The molecule has 82 valence electrons. The summed E-state index contributed by atoms with van der Waals surface area (Å²) in [5, 5.41) is 10.8. The van der Waals surface area contributed by atoms with E-state index in [1.165, 1.54) is 0 Å². The van der Waals surface area contributed by atoms with E-state index in [2.05, 4.69) is 21.1 Å². The molecule has 1 N–H and O–H groups in total. The first-order chi connectivity index (χ1) is 7.81. The van der Waals surface area contributed by atoms with Crippen molar-refractivity contribution in [2.24, 2.45) is 0 Å². The Morgan fingerprint density at radius 3 is 2.75 bits per heavy atom. The van der Waals surface area contributed by atoms with E-state index >= 15 is 0 Å². The minimum atomic E-state index is 0.350. The summed E-state index contributed by atoms with van der Waals surface area (Å²) in [5.74, 6) is 0.713. The largest absolute Gasteiger partial charge is 0.470 e. The third-order valence-corrected chi connectivity index (χ3v) is 2.71. The summed E-state index contributed by atoms with van der Waals surface area (Å²) in [6, 6.07) is 9.76. The Morgan fingerprint density at radius 1 is 1.38 bits per heavy atom. The molecule has 0 aliphatic carbocycles. The minimum Gasteiger partial charge on any atom is -0.470 e. The molecule has 0 amide bonds. The maximum atomic E-state index is 7.05. The van der Waals surface area contributed by atoms with Crippen molar-refractivity contribution < 1.29 is 9.26 Å². The van der Waals surface area contributed by atoms with Gasteiger partial charge in [0.1, 0.15) is 11.1 Å². The maximum absolute atomic E-state index is 7.05. The average Bonchev–Trinajstić information content (AvgIpc) is 2.69. The fourth-order valence-electron chi connectivity index (χ4n) is 1.18. The molecular formula is C11H9BrN2O2. The van der Waals surface area contributed by atoms with Gasteiger partial charge in [0, 0.05) is 0 Å². The van der Waals surface area contributed by atoms with Crippen LogP contribution in [0.15, 0.2) is 39.3 Å². The van der Waals surface area contributed by atoms with Crippen LogP contribution in [0.5, 0.6) is 5.88 Å². The van der Waals surface area contributed by atoms with Crippen molar-refractivity contribution in [3.63, 3.8) is 0 Å². The number of hydrogen-bond acceptors (Lipinski definition) is 4. The molecule has 0 bridgehead atoms. The van der Waals surface area contributed by atoms with Gasteiger partial charge in [0.25, 0.3) is 5.88 Å². The third kappa shape index (κ3) is 2.30. The Bertz CT molecular complexity index is 482. The lowest BCUT2D eigenvalue weighted by molar-refractivity contribution is 0.268. The smallest absolute Gasteiger partial charge is 0.269 e. The number of rotatable bonds is 4. The molecule has 0 spiro atoms. The molecule has 0 unspecified atom stereocenters. The van der Waals surface area contributed by atoms with E-state index in [0.29, 0.717) is 22.7 Å². The quantitative estimate of drug-likeness (QED) is 0.876. The number of nitrogens with one attached hydrogen (secondary N) is 1. The monoisotopic (exact) mass is 280 g/mol. The van der Waals surface area contributed by atoms with Crippen molar-refractivity contribution in [2.45, 2.75) is 6.61 Å². The van der Waals surface area contributed by atoms with Crippen molar-refractivity contribution in [2.75, 3.05) is 0 Å². The summed E-state index contributed by atoms with van der Waals surface area (Å²) in [6.07, 6.45) is 1.08. The standard InChI is InChI=1S/C11H9BrN2O2/c12-10-9(6-13)16-14-11(10)15-7-8-4-2-1-3-5-8/h1-6,13H,7H2. The number of hydrogen-bond donors (Lipinski definition) is 1. The first kappa shape index (κ1) is 10.9. The first-order valence-electron chi connectivity index (χ1n) is 4.63. The van der Waals surface area contributed by atoms with Crippen LogP contribution in [0.2, 0.25) is 0 Å². The number of ether oxygens (including phenoxy) is 1. The first-order valence-corrected chi connectivity index (χ1v) is 5.43. The van der Waals surface area contributed by atoms with Gasteiger partial charge in [-0.3, -0.25) is 0 Å². The van der Waals surface area contributed by atoms with Crippen LogP contribution in [-0.4, -0.2) is 11.4 Å². The van der Waals surface area contributed by atoms with Gasteiger partial charge in [0.05, 0.1) is 6.21 Å². The summed E-state index contributed by atoms with van der Waals surface area (Å²) >= 11 is 3.25. The molecule has 5 heteroatoms. The average molecular weight is 281 g/mol. The molecule has 16 heavy (non-hydrogen) atoms. The van der Waals surface area contributed by atoms with Crippen LogP contribution in [0, 0.1) is 5.41 Å². The van der Waals surface area contributed by atoms with Crippen molar-refractivity contribution >= 4 is 22.1 Å². The summed E-state index contributed by atoms with van der Waals surface area (Å²) in [7, 11) is 0. The van der Waals surface area contributed by atoms with Gasteiger partial charge in [-0.2, -0.15) is 0 Å². The highest BCUT2D eigenvalue weighted by molar-refractivity contribution is 9.10. The van der Waals surface area contributed by atoms with Crippen LogP contribution < -0.4 is 4.74 Å². The SMILES string of the molecule is N=Cc1onc(OCc2ccccc2)c1Br. The molecule has 4 nitrogen and oxygen atoms in total. The van der Waals surface area contributed by atoms with Crippen molar-refractivity contribution in [3.05, 3.63) is 46.1 Å². The highest BCUT2D eigenvalue weighted by Gasteiger charge is 2.12. The summed E-state index contributed by atoms with van der Waals surface area (Å²) in [5.41, 5.74) is 1.05. The van der Waals surface area contributed by atoms with E-state index in [9.17, 15) is 0 Å². The molecule has 1 aromatic carbocycles. The molecule has 2 rings (SSSR count). The lowest BCUT2D eigenvalue weighted by Crippen LogP contribution is -1.95. The Balaban J connectivity index is 2.05. The third-order valence-electron chi connectivity index (χ3n) is 1.98. The normalized spacial score (nSPS) is 10.1. The van der Waals surface area contributed by atoms with Gasteiger partial charge in [-0.15, -0.1) is 0 Å². The lowest BCUT2D eigenvalue weighted by Gasteiger charge is -2.01. The van der Waals surface area contributed by atoms with Crippen LogP contribution in [0.25, 0.3) is 0 Å². The number of halogens is 1. The predicted octanol–water partition coefficient (Wildman–Crippen LogP) is 3.01. The van der Waals surface area contributed by atoms with E-state index in [0.717, 1.165) is 11.8 Å². The van der Waals surface area contributed by atoms with Crippen LogP contribution >= 0.6 is 15.9 Å². The van der Waals surface area contributed by atoms with E-state index in [1.807, 2.05) is 30.3 Å². The van der Waals surface area contributed by atoms with Crippen LogP contribution in [0.1, 0.15) is 11.3 Å². The van der Waals surface area contributed by atoms with Gasteiger partial charge in [0.2, 0.25) is 0 Å². The second-order valence-electron chi connectivity index (χ2n) is 3.08. The molecule has 0 atom stereocenters. The van der Waals surface area contributed by atoms with Gasteiger partial charge in [-0.1, -0.05) is 30.3 Å². The van der Waals surface area contributed by atoms with Gasteiger partial charge >= 0.3 is 0 Å². The highest BCUT2D eigenvalue weighted by atomic mass is 79.9. The topological polar surface area (TPSA) is 59.1 Å². The maximum Gasteiger partial charge on any atom is 0.269 e. The Kier molecular flexibility index (Phi) is 3.36. The molecule has 0 saturated heterocycles. The number of benzene rings is 1. The van der Waals surface area contributed by atoms with E-state index < -0.39 is 0 Å². The molecule has 0 aliphatic heterocycles. The van der Waals surface area contributed by atoms with E-state index in [4.69, 9.17) is 14.7 Å². The fourth-order valence-corrected chi connectivity index (χ4v) is 1.56. The van der Waals surface area contributed by atoms with Crippen molar-refractivity contribution in [1.82, 2.24) is 5.16 Å². The van der Waals surface area contributed by atoms with Gasteiger partial charge in [-0.25, -0.2) is 0 Å². The van der Waals surface area contributed by atoms with Crippen LogP contribution in [0.4, 0.5) is 0 Å². The Hall–Kier alpha value is -1.62. The van der Waals surface area contributed by atoms with Crippen LogP contribution in [0.3, 0.4) is 0 Å². The molecule has 0 fully saturated rings. The van der Waals surface area contributed by atoms with Gasteiger partial charge < -0.3 is 14.7 Å². The molecular weight excluding hydrogens is 272 g/mol. The molecule has 1 heterocycles. The zero-order valence-corrected chi connectivity index (χ0v) is 9.90. The lowest BCUT2D eigenvalue weighted by atomic mass is 10.2. The summed E-state index contributed by atoms with van der Waals surface area (Å²) < 4.78 is 10.9. The Morgan fingerprint density at radius 2 is 2.12 bits per heavy atom. The summed E-state index contributed by atoms with van der Waals surface area (Å²) in [6.45, 7) is 0.420. The van der Waals surface area contributed by atoms with Crippen LogP contribution in [-0.2, 0) is 6.61 Å². The number of aromatic nitrogens is 1. The van der Waals surface area contributed by atoms with E-state index in [-0.39, 0.29) is 0 Å². The molecule has 0 saturated carbocycles. The predicted molar refractivity (Wildman–Crippen MR) is 62.9 cm³/mol. The Labute approximate surface area is 101 Å². The number of nitrogens with zero attached hydrogens (tertiary/aromatic N) is 1. The van der Waals surface area contributed by atoms with Gasteiger partial charge in [-0.05, 0) is 26.7 Å². The van der Waals surface area contributed by atoms with Crippen molar-refractivity contribution in [1.29, 1.82) is 5.41 Å². The second-order valence-corrected chi connectivity index (χ2v) is 3.88. The van der Waals surface area contributed by atoms with Gasteiger partial charge in [0.15, 0.2) is 5.76 Å².